The molecule has 3 nitrogen and oxygen atoms in total. The molecule has 1 amide bonds. The van der Waals surface area contributed by atoms with Gasteiger partial charge >= 0.3 is 0 Å². The molecule has 112 valence electrons. The number of hydrogen-bond donors (Lipinski definition) is 1. The quantitative estimate of drug-likeness (QED) is 0.716. The van der Waals surface area contributed by atoms with Crippen LogP contribution in [0, 0.1) is 0 Å². The molecule has 0 saturated carbocycles. The van der Waals surface area contributed by atoms with Gasteiger partial charge in [0.1, 0.15) is 0 Å². The number of rotatable bonds is 4. The summed E-state index contributed by atoms with van der Waals surface area (Å²) < 4.78 is 0.957. The van der Waals surface area contributed by atoms with Gasteiger partial charge in [-0.2, -0.15) is 11.8 Å². The van der Waals surface area contributed by atoms with Crippen LogP contribution >= 0.6 is 34.7 Å². The molecule has 1 heterocycles. The number of nitrogens with zero attached hydrogens (tertiary/aromatic N) is 1. The summed E-state index contributed by atoms with van der Waals surface area (Å²) in [4.78, 5) is 16.7. The molecule has 0 atom stereocenters. The number of hydrogen-bond acceptors (Lipinski definition) is 4. The lowest BCUT2D eigenvalue weighted by molar-refractivity contribution is 0.102. The fourth-order valence-electron chi connectivity index (χ4n) is 2.09. The molecule has 2 aromatic carbocycles. The number of thiazole rings is 1. The lowest BCUT2D eigenvalue weighted by atomic mass is 10.1. The minimum absolute atomic E-state index is 0.145. The van der Waals surface area contributed by atoms with Gasteiger partial charge in [-0.15, -0.1) is 0 Å². The van der Waals surface area contributed by atoms with Crippen molar-refractivity contribution < 1.29 is 4.79 Å². The fraction of sp³-hybridized carbons (Fsp3) is 0.125. The first-order valence-corrected chi connectivity index (χ1v) is 9.20. The van der Waals surface area contributed by atoms with Gasteiger partial charge < -0.3 is 0 Å². The molecule has 0 radical (unpaired) electrons. The topological polar surface area (TPSA) is 42.0 Å². The number of aromatic nitrogens is 1. The summed E-state index contributed by atoms with van der Waals surface area (Å²) in [5, 5.41) is 4.10. The van der Waals surface area contributed by atoms with Crippen LogP contribution in [0.2, 0.25) is 5.02 Å². The molecule has 0 spiro atoms. The summed E-state index contributed by atoms with van der Waals surface area (Å²) in [6, 6.07) is 13.1. The lowest BCUT2D eigenvalue weighted by Gasteiger charge is -2.04. The Labute approximate surface area is 141 Å². The first-order valence-electron chi connectivity index (χ1n) is 6.61. The van der Waals surface area contributed by atoms with Crippen molar-refractivity contribution in [1.82, 2.24) is 4.98 Å². The summed E-state index contributed by atoms with van der Waals surface area (Å²) >= 11 is 9.11. The third-order valence-electron chi connectivity index (χ3n) is 3.07. The first-order chi connectivity index (χ1) is 10.7. The predicted octanol–water partition coefficient (Wildman–Crippen LogP) is 5.07. The third kappa shape index (κ3) is 3.43. The largest absolute Gasteiger partial charge is 0.298 e. The van der Waals surface area contributed by atoms with E-state index in [0.29, 0.717) is 15.7 Å². The van der Waals surface area contributed by atoms with Gasteiger partial charge in [-0.05, 0) is 42.2 Å². The van der Waals surface area contributed by atoms with Crippen molar-refractivity contribution in [2.24, 2.45) is 0 Å². The van der Waals surface area contributed by atoms with Gasteiger partial charge in [0.2, 0.25) is 0 Å². The van der Waals surface area contributed by atoms with Gasteiger partial charge in [0.05, 0.1) is 10.2 Å². The van der Waals surface area contributed by atoms with Crippen LogP contribution in [0.3, 0.4) is 0 Å². The van der Waals surface area contributed by atoms with E-state index in [9.17, 15) is 4.79 Å². The molecule has 3 rings (SSSR count). The Hall–Kier alpha value is -1.56. The van der Waals surface area contributed by atoms with E-state index in [0.717, 1.165) is 21.5 Å². The second-order valence-electron chi connectivity index (χ2n) is 4.72. The minimum atomic E-state index is -0.145. The molecule has 6 heteroatoms. The van der Waals surface area contributed by atoms with E-state index in [-0.39, 0.29) is 5.91 Å². The van der Waals surface area contributed by atoms with Crippen molar-refractivity contribution in [1.29, 1.82) is 0 Å². The van der Waals surface area contributed by atoms with Crippen molar-refractivity contribution in [3.05, 3.63) is 58.6 Å². The van der Waals surface area contributed by atoms with E-state index in [4.69, 9.17) is 11.6 Å². The molecule has 0 aliphatic rings. The number of thioether (sulfide) groups is 1. The van der Waals surface area contributed by atoms with Crippen LogP contribution in [0.15, 0.2) is 42.5 Å². The van der Waals surface area contributed by atoms with E-state index in [1.54, 1.807) is 17.8 Å². The number of anilines is 1. The maximum Gasteiger partial charge on any atom is 0.257 e. The lowest BCUT2D eigenvalue weighted by Crippen LogP contribution is -2.11. The standard InChI is InChI=1S/C16H13ClN2OS2/c1-21-9-10-3-2-4-11(7-10)15(20)19-16-18-13-6-5-12(17)8-14(13)22-16/h2-8H,9H2,1H3,(H,18,19,20). The zero-order valence-corrected chi connectivity index (χ0v) is 14.2. The maximum absolute atomic E-state index is 12.3. The Morgan fingerprint density at radius 1 is 1.32 bits per heavy atom. The Kier molecular flexibility index (Phi) is 4.66. The number of carbonyl (C=O) groups excluding carboxylic acids is 1. The Balaban J connectivity index is 1.81. The molecule has 22 heavy (non-hydrogen) atoms. The molecule has 0 saturated heterocycles. The summed E-state index contributed by atoms with van der Waals surface area (Å²) in [7, 11) is 0. The molecular formula is C16H13ClN2OS2. The average molecular weight is 349 g/mol. The van der Waals surface area contributed by atoms with Crippen molar-refractivity contribution in [2.75, 3.05) is 11.6 Å². The van der Waals surface area contributed by atoms with Gasteiger partial charge in [0, 0.05) is 16.3 Å². The number of nitrogens with one attached hydrogen (secondary N) is 1. The van der Waals surface area contributed by atoms with Crippen molar-refractivity contribution in [3.8, 4) is 0 Å². The summed E-state index contributed by atoms with van der Waals surface area (Å²) in [5.41, 5.74) is 2.61. The van der Waals surface area contributed by atoms with Crippen LogP contribution in [-0.4, -0.2) is 17.1 Å². The van der Waals surface area contributed by atoms with E-state index >= 15 is 0 Å². The average Bonchev–Trinajstić information content (AvgIpc) is 2.89. The Morgan fingerprint density at radius 2 is 2.18 bits per heavy atom. The van der Waals surface area contributed by atoms with E-state index in [1.165, 1.54) is 11.3 Å². The van der Waals surface area contributed by atoms with Crippen LogP contribution < -0.4 is 5.32 Å². The van der Waals surface area contributed by atoms with Crippen LogP contribution in [0.5, 0.6) is 0 Å². The second-order valence-corrected chi connectivity index (χ2v) is 7.05. The Morgan fingerprint density at radius 3 is 3.00 bits per heavy atom. The van der Waals surface area contributed by atoms with Crippen molar-refractivity contribution >= 4 is 56.0 Å². The number of benzene rings is 2. The van der Waals surface area contributed by atoms with Crippen LogP contribution in [0.4, 0.5) is 5.13 Å². The number of fused-ring (bicyclic) bond motifs is 1. The highest BCUT2D eigenvalue weighted by Gasteiger charge is 2.10. The Bertz CT molecular complexity index is 832. The van der Waals surface area contributed by atoms with Gasteiger partial charge in [-0.25, -0.2) is 4.98 Å². The fourth-order valence-corrected chi connectivity index (χ4v) is 3.74. The number of carbonyl (C=O) groups is 1. The molecule has 1 aromatic heterocycles. The van der Waals surface area contributed by atoms with Crippen molar-refractivity contribution in [2.45, 2.75) is 5.75 Å². The highest BCUT2D eigenvalue weighted by molar-refractivity contribution is 7.97. The van der Waals surface area contributed by atoms with E-state index in [2.05, 4.69) is 10.3 Å². The van der Waals surface area contributed by atoms with E-state index < -0.39 is 0 Å². The summed E-state index contributed by atoms with van der Waals surface area (Å²) in [5.74, 6) is 0.744. The smallest absolute Gasteiger partial charge is 0.257 e. The number of halogens is 1. The zero-order chi connectivity index (χ0) is 15.5. The zero-order valence-electron chi connectivity index (χ0n) is 11.8. The van der Waals surface area contributed by atoms with Gasteiger partial charge in [-0.3, -0.25) is 10.1 Å². The molecule has 1 N–H and O–H groups in total. The number of amides is 1. The van der Waals surface area contributed by atoms with Gasteiger partial charge in [0.15, 0.2) is 5.13 Å². The third-order valence-corrected chi connectivity index (χ3v) is 4.86. The molecule has 0 aliphatic carbocycles. The van der Waals surface area contributed by atoms with Gasteiger partial charge in [0.25, 0.3) is 5.91 Å². The molecule has 0 fully saturated rings. The normalized spacial score (nSPS) is 10.8. The maximum atomic E-state index is 12.3. The van der Waals surface area contributed by atoms with Crippen LogP contribution in [-0.2, 0) is 5.75 Å². The second kappa shape index (κ2) is 6.69. The molecule has 0 aliphatic heterocycles. The van der Waals surface area contributed by atoms with Gasteiger partial charge in [-0.1, -0.05) is 35.1 Å². The first kappa shape index (κ1) is 15.3. The molecule has 0 unspecified atom stereocenters. The molecule has 3 aromatic rings. The minimum Gasteiger partial charge on any atom is -0.298 e. The van der Waals surface area contributed by atoms with Crippen LogP contribution in [0.25, 0.3) is 10.2 Å². The van der Waals surface area contributed by atoms with E-state index in [1.807, 2.05) is 42.7 Å². The summed E-state index contributed by atoms with van der Waals surface area (Å²) in [6.07, 6.45) is 2.04. The highest BCUT2D eigenvalue weighted by Crippen LogP contribution is 2.28. The van der Waals surface area contributed by atoms with Crippen LogP contribution in [0.1, 0.15) is 15.9 Å². The van der Waals surface area contributed by atoms with Crippen molar-refractivity contribution in [3.63, 3.8) is 0 Å². The SMILES string of the molecule is CSCc1cccc(C(=O)Nc2nc3ccc(Cl)cc3s2)c1. The predicted molar refractivity (Wildman–Crippen MR) is 96.2 cm³/mol. The monoisotopic (exact) mass is 348 g/mol. The summed E-state index contributed by atoms with van der Waals surface area (Å²) in [6.45, 7) is 0. The molecule has 0 bridgehead atoms. The molecular weight excluding hydrogens is 336 g/mol. The highest BCUT2D eigenvalue weighted by atomic mass is 35.5.